The zero-order valence-electron chi connectivity index (χ0n) is 9.67. The molecular formula is C11H21NO2S. The van der Waals surface area contributed by atoms with Crippen LogP contribution in [0.2, 0.25) is 0 Å². The van der Waals surface area contributed by atoms with E-state index in [0.29, 0.717) is 13.2 Å². The maximum atomic E-state index is 10.9. The summed E-state index contributed by atoms with van der Waals surface area (Å²) in [6.45, 7) is 4.82. The molecule has 0 aromatic carbocycles. The molecule has 0 fully saturated rings. The van der Waals surface area contributed by atoms with Crippen molar-refractivity contribution in [2.24, 2.45) is 0 Å². The van der Waals surface area contributed by atoms with Gasteiger partial charge in [0.1, 0.15) is 0 Å². The molecule has 1 amide bonds. The number of carbonyl (C=O) groups excluding carboxylic acids is 1. The van der Waals surface area contributed by atoms with Gasteiger partial charge >= 0.3 is 6.09 Å². The average molecular weight is 231 g/mol. The number of carbonyl (C=O) groups is 1. The van der Waals surface area contributed by atoms with Gasteiger partial charge < -0.3 is 10.1 Å². The lowest BCUT2D eigenvalue weighted by Crippen LogP contribution is -2.29. The van der Waals surface area contributed by atoms with E-state index in [4.69, 9.17) is 17.0 Å². The molecule has 0 aliphatic rings. The third-order valence-electron chi connectivity index (χ3n) is 2.01. The molecule has 0 aliphatic heterocycles. The molecule has 4 heteroatoms. The van der Waals surface area contributed by atoms with E-state index in [2.05, 4.69) is 12.2 Å². The summed E-state index contributed by atoms with van der Waals surface area (Å²) in [7, 11) is 0. The standard InChI is InChI=1S/C11H21NO2S/c1-3-5-6-7-8-10(15)9-12-11(13)14-4-2/h3-9H2,1-2H3,(H,12,13). The number of unbranched alkanes of at least 4 members (excludes halogenated alkanes) is 3. The maximum Gasteiger partial charge on any atom is 0.407 e. The number of rotatable bonds is 8. The first-order valence-electron chi connectivity index (χ1n) is 5.63. The number of hydrogen-bond donors (Lipinski definition) is 1. The van der Waals surface area contributed by atoms with Gasteiger partial charge in [-0.15, -0.1) is 0 Å². The molecule has 0 rings (SSSR count). The minimum Gasteiger partial charge on any atom is -0.450 e. The van der Waals surface area contributed by atoms with E-state index < -0.39 is 0 Å². The van der Waals surface area contributed by atoms with Crippen LogP contribution in [0.3, 0.4) is 0 Å². The van der Waals surface area contributed by atoms with Crippen molar-refractivity contribution in [3.05, 3.63) is 0 Å². The lowest BCUT2D eigenvalue weighted by Gasteiger charge is -2.06. The second-order valence-corrected chi connectivity index (χ2v) is 4.00. The zero-order chi connectivity index (χ0) is 11.5. The molecule has 1 N–H and O–H groups in total. The van der Waals surface area contributed by atoms with Gasteiger partial charge in [0.2, 0.25) is 0 Å². The molecule has 0 spiro atoms. The van der Waals surface area contributed by atoms with E-state index >= 15 is 0 Å². The molecule has 88 valence electrons. The Kier molecular flexibility index (Phi) is 9.48. The first kappa shape index (κ1) is 14.4. The number of nitrogens with one attached hydrogen (secondary N) is 1. The van der Waals surface area contributed by atoms with Crippen LogP contribution in [0.5, 0.6) is 0 Å². The summed E-state index contributed by atoms with van der Waals surface area (Å²) in [6.07, 6.45) is 5.37. The van der Waals surface area contributed by atoms with Gasteiger partial charge in [0.25, 0.3) is 0 Å². The van der Waals surface area contributed by atoms with Crippen LogP contribution in [-0.2, 0) is 4.74 Å². The van der Waals surface area contributed by atoms with Gasteiger partial charge in [-0.2, -0.15) is 0 Å². The van der Waals surface area contributed by atoms with E-state index in [0.717, 1.165) is 17.7 Å². The van der Waals surface area contributed by atoms with Crippen molar-refractivity contribution in [1.82, 2.24) is 5.32 Å². The number of amides is 1. The van der Waals surface area contributed by atoms with Gasteiger partial charge in [-0.25, -0.2) is 4.79 Å². The Morgan fingerprint density at radius 2 is 2.00 bits per heavy atom. The van der Waals surface area contributed by atoms with E-state index in [9.17, 15) is 4.79 Å². The highest BCUT2D eigenvalue weighted by atomic mass is 32.1. The smallest absolute Gasteiger partial charge is 0.407 e. The molecule has 0 saturated heterocycles. The number of ether oxygens (including phenoxy) is 1. The first-order chi connectivity index (χ1) is 7.20. The van der Waals surface area contributed by atoms with Crippen molar-refractivity contribution in [1.29, 1.82) is 0 Å². The van der Waals surface area contributed by atoms with Gasteiger partial charge in [0, 0.05) is 4.86 Å². The summed E-state index contributed by atoms with van der Waals surface area (Å²) in [6, 6.07) is 0. The van der Waals surface area contributed by atoms with Crippen LogP contribution in [0, 0.1) is 0 Å². The van der Waals surface area contributed by atoms with E-state index in [1.807, 2.05) is 0 Å². The van der Waals surface area contributed by atoms with Crippen LogP contribution >= 0.6 is 12.2 Å². The molecule has 15 heavy (non-hydrogen) atoms. The molecule has 0 aromatic heterocycles. The van der Waals surface area contributed by atoms with Gasteiger partial charge in [-0.3, -0.25) is 0 Å². The Balaban J connectivity index is 3.36. The van der Waals surface area contributed by atoms with Crippen LogP contribution in [0.25, 0.3) is 0 Å². The summed E-state index contributed by atoms with van der Waals surface area (Å²) in [5, 5.41) is 2.62. The predicted octanol–water partition coefficient (Wildman–Crippen LogP) is 3.07. The Morgan fingerprint density at radius 1 is 1.27 bits per heavy atom. The van der Waals surface area contributed by atoms with Crippen LogP contribution in [0.15, 0.2) is 0 Å². The minimum atomic E-state index is -0.381. The zero-order valence-corrected chi connectivity index (χ0v) is 10.5. The van der Waals surface area contributed by atoms with Crippen molar-refractivity contribution < 1.29 is 9.53 Å². The summed E-state index contributed by atoms with van der Waals surface area (Å²) < 4.78 is 4.73. The van der Waals surface area contributed by atoms with E-state index in [-0.39, 0.29) is 6.09 Å². The van der Waals surface area contributed by atoms with Crippen molar-refractivity contribution >= 4 is 23.2 Å². The van der Waals surface area contributed by atoms with E-state index in [1.54, 1.807) is 6.92 Å². The molecule has 0 aliphatic carbocycles. The fourth-order valence-electron chi connectivity index (χ4n) is 1.19. The van der Waals surface area contributed by atoms with Crippen LogP contribution in [0.4, 0.5) is 4.79 Å². The van der Waals surface area contributed by atoms with Crippen molar-refractivity contribution in [3.8, 4) is 0 Å². The molecule has 0 heterocycles. The fraction of sp³-hybridized carbons (Fsp3) is 0.818. The summed E-state index contributed by atoms with van der Waals surface area (Å²) >= 11 is 5.14. The topological polar surface area (TPSA) is 38.3 Å². The molecular weight excluding hydrogens is 210 g/mol. The Bertz CT molecular complexity index is 195. The van der Waals surface area contributed by atoms with Crippen molar-refractivity contribution in [3.63, 3.8) is 0 Å². The fourth-order valence-corrected chi connectivity index (χ4v) is 1.41. The molecule has 0 radical (unpaired) electrons. The summed E-state index contributed by atoms with van der Waals surface area (Å²) in [5.41, 5.74) is 0. The number of alkyl carbamates (subject to hydrolysis) is 1. The number of hydrogen-bond acceptors (Lipinski definition) is 3. The largest absolute Gasteiger partial charge is 0.450 e. The predicted molar refractivity (Wildman–Crippen MR) is 66.4 cm³/mol. The normalized spacial score (nSPS) is 9.73. The highest BCUT2D eigenvalue weighted by molar-refractivity contribution is 7.80. The SMILES string of the molecule is CCCCCCC(=S)CNC(=O)OCC. The van der Waals surface area contributed by atoms with E-state index in [1.165, 1.54) is 19.3 Å². The van der Waals surface area contributed by atoms with Gasteiger partial charge in [0.05, 0.1) is 13.2 Å². The molecule has 0 aromatic rings. The molecule has 0 bridgehead atoms. The van der Waals surface area contributed by atoms with Crippen molar-refractivity contribution in [2.75, 3.05) is 13.2 Å². The lowest BCUT2D eigenvalue weighted by molar-refractivity contribution is 0.153. The molecule has 0 saturated carbocycles. The van der Waals surface area contributed by atoms with Crippen molar-refractivity contribution in [2.45, 2.75) is 46.0 Å². The van der Waals surface area contributed by atoms with Crippen LogP contribution in [0.1, 0.15) is 46.0 Å². The molecule has 3 nitrogen and oxygen atoms in total. The van der Waals surface area contributed by atoms with Gasteiger partial charge in [0.15, 0.2) is 0 Å². The Labute approximate surface area is 97.6 Å². The highest BCUT2D eigenvalue weighted by Gasteiger charge is 2.02. The third-order valence-corrected chi connectivity index (χ3v) is 2.36. The Morgan fingerprint density at radius 3 is 2.60 bits per heavy atom. The summed E-state index contributed by atoms with van der Waals surface area (Å²) in [4.78, 5) is 11.8. The molecule has 0 unspecified atom stereocenters. The van der Waals surface area contributed by atoms with Gasteiger partial charge in [-0.1, -0.05) is 38.4 Å². The maximum absolute atomic E-state index is 10.9. The molecule has 0 atom stereocenters. The lowest BCUT2D eigenvalue weighted by atomic mass is 10.1. The quantitative estimate of drug-likeness (QED) is 0.515. The highest BCUT2D eigenvalue weighted by Crippen LogP contribution is 2.03. The van der Waals surface area contributed by atoms with Gasteiger partial charge in [-0.05, 0) is 19.8 Å². The third kappa shape index (κ3) is 9.66. The minimum absolute atomic E-state index is 0.381. The number of thiocarbonyl (C=S) groups is 1. The second-order valence-electron chi connectivity index (χ2n) is 3.42. The first-order valence-corrected chi connectivity index (χ1v) is 6.03. The second kappa shape index (κ2) is 9.90. The Hall–Kier alpha value is -0.640. The van der Waals surface area contributed by atoms with Crippen LogP contribution in [-0.4, -0.2) is 24.1 Å². The van der Waals surface area contributed by atoms with Crippen LogP contribution < -0.4 is 5.32 Å². The average Bonchev–Trinajstić information content (AvgIpc) is 2.22. The monoisotopic (exact) mass is 231 g/mol. The summed E-state index contributed by atoms with van der Waals surface area (Å²) in [5.74, 6) is 0.